The third kappa shape index (κ3) is 3.55. The molecule has 5 heteroatoms. The van der Waals surface area contributed by atoms with Crippen molar-refractivity contribution in [3.8, 4) is 11.5 Å². The van der Waals surface area contributed by atoms with E-state index in [1.54, 1.807) is 0 Å². The molecule has 1 aliphatic carbocycles. The molecule has 2 aromatic rings. The van der Waals surface area contributed by atoms with Crippen LogP contribution in [0.15, 0.2) is 48.5 Å². The van der Waals surface area contributed by atoms with Gasteiger partial charge in [-0.25, -0.2) is 4.79 Å². The number of carbonyl (C=O) groups excluding carboxylic acids is 1. The molecule has 25 heavy (non-hydrogen) atoms. The van der Waals surface area contributed by atoms with E-state index < -0.39 is 0 Å². The van der Waals surface area contributed by atoms with Gasteiger partial charge in [-0.3, -0.25) is 0 Å². The number of amides is 2. The molecule has 0 radical (unpaired) electrons. The van der Waals surface area contributed by atoms with Crippen LogP contribution < -0.4 is 20.1 Å². The molecular formula is C20H22N2O3. The van der Waals surface area contributed by atoms with E-state index in [2.05, 4.69) is 22.8 Å². The van der Waals surface area contributed by atoms with E-state index in [0.29, 0.717) is 5.92 Å². The summed E-state index contributed by atoms with van der Waals surface area (Å²) in [5, 5.41) is 6.17. The monoisotopic (exact) mass is 338 g/mol. The number of urea groups is 1. The number of nitrogens with one attached hydrogen (secondary N) is 2. The number of hydrogen-bond acceptors (Lipinski definition) is 3. The smallest absolute Gasteiger partial charge is 0.315 e. The summed E-state index contributed by atoms with van der Waals surface area (Å²) in [6.07, 6.45) is 2.33. The Kier molecular flexibility index (Phi) is 4.22. The van der Waals surface area contributed by atoms with E-state index in [1.807, 2.05) is 43.3 Å². The minimum Gasteiger partial charge on any atom is -0.454 e. The number of rotatable bonds is 5. The minimum absolute atomic E-state index is 0.0742. The van der Waals surface area contributed by atoms with Gasteiger partial charge in [-0.15, -0.1) is 0 Å². The van der Waals surface area contributed by atoms with E-state index in [9.17, 15) is 4.79 Å². The molecule has 1 heterocycles. The first-order chi connectivity index (χ1) is 12.2. The molecule has 1 aliphatic heterocycles. The predicted octanol–water partition coefficient (Wildman–Crippen LogP) is 3.93. The zero-order chi connectivity index (χ0) is 17.2. The number of hydrogen-bond donors (Lipinski definition) is 2. The van der Waals surface area contributed by atoms with E-state index >= 15 is 0 Å². The summed E-state index contributed by atoms with van der Waals surface area (Å²) in [6, 6.07) is 15.7. The molecule has 2 atom stereocenters. The van der Waals surface area contributed by atoms with Gasteiger partial charge in [0.2, 0.25) is 6.79 Å². The molecule has 1 fully saturated rings. The summed E-state index contributed by atoms with van der Waals surface area (Å²) in [6.45, 7) is 2.22. The lowest BCUT2D eigenvalue weighted by Gasteiger charge is -2.21. The Morgan fingerprint density at radius 2 is 1.76 bits per heavy atom. The van der Waals surface area contributed by atoms with Crippen LogP contribution in [0.2, 0.25) is 0 Å². The quantitative estimate of drug-likeness (QED) is 0.868. The molecule has 0 saturated heterocycles. The molecular weight excluding hydrogens is 316 g/mol. The third-order valence-electron chi connectivity index (χ3n) is 4.78. The van der Waals surface area contributed by atoms with Gasteiger partial charge in [0.05, 0.1) is 12.1 Å². The van der Waals surface area contributed by atoms with Gasteiger partial charge in [0.25, 0.3) is 0 Å². The number of ether oxygens (including phenoxy) is 2. The molecule has 2 aromatic carbocycles. The molecule has 2 N–H and O–H groups in total. The Labute approximate surface area is 147 Å². The van der Waals surface area contributed by atoms with Crippen LogP contribution in [0.3, 0.4) is 0 Å². The lowest BCUT2D eigenvalue weighted by Crippen LogP contribution is -2.39. The highest BCUT2D eigenvalue weighted by Gasteiger charge is 2.33. The molecule has 1 saturated carbocycles. The van der Waals surface area contributed by atoms with Gasteiger partial charge in [-0.1, -0.05) is 36.4 Å². The molecule has 5 nitrogen and oxygen atoms in total. The van der Waals surface area contributed by atoms with Crippen molar-refractivity contribution in [2.75, 3.05) is 6.79 Å². The highest BCUT2D eigenvalue weighted by molar-refractivity contribution is 5.75. The van der Waals surface area contributed by atoms with Gasteiger partial charge in [-0.2, -0.15) is 0 Å². The second kappa shape index (κ2) is 6.67. The fourth-order valence-electron chi connectivity index (χ4n) is 3.21. The zero-order valence-corrected chi connectivity index (χ0v) is 14.2. The maximum absolute atomic E-state index is 12.5. The second-order valence-corrected chi connectivity index (χ2v) is 6.68. The first-order valence-corrected chi connectivity index (χ1v) is 8.72. The largest absolute Gasteiger partial charge is 0.454 e. The standard InChI is InChI=1S/C20H22N2O3/c1-13(16-9-10-17-18(11-16)25-12-24-17)21-20(23)22-19(15-7-8-15)14-5-3-2-4-6-14/h2-6,9-11,13,15,19H,7-8,12H2,1H3,(H2,21,22,23). The molecule has 2 aliphatic rings. The Hall–Kier alpha value is -2.69. The van der Waals surface area contributed by atoms with E-state index in [0.717, 1.165) is 35.5 Å². The normalized spacial score (nSPS) is 17.6. The highest BCUT2D eigenvalue weighted by atomic mass is 16.7. The zero-order valence-electron chi connectivity index (χ0n) is 14.2. The van der Waals surface area contributed by atoms with Crippen LogP contribution in [0.25, 0.3) is 0 Å². The fourth-order valence-corrected chi connectivity index (χ4v) is 3.21. The molecule has 130 valence electrons. The van der Waals surface area contributed by atoms with Crippen LogP contribution in [0.5, 0.6) is 11.5 Å². The summed E-state index contributed by atoms with van der Waals surface area (Å²) in [5.74, 6) is 2.01. The van der Waals surface area contributed by atoms with E-state index in [1.165, 1.54) is 0 Å². The molecule has 4 rings (SSSR count). The molecule has 2 unspecified atom stereocenters. The van der Waals surface area contributed by atoms with Gasteiger partial charge in [0, 0.05) is 0 Å². The molecule has 0 aromatic heterocycles. The van der Waals surface area contributed by atoms with Crippen molar-refractivity contribution in [2.45, 2.75) is 31.8 Å². The van der Waals surface area contributed by atoms with Crippen LogP contribution in [-0.2, 0) is 0 Å². The first-order valence-electron chi connectivity index (χ1n) is 8.72. The summed E-state index contributed by atoms with van der Waals surface area (Å²) in [5.41, 5.74) is 2.15. The Bertz CT molecular complexity index is 759. The van der Waals surface area contributed by atoms with Crippen molar-refractivity contribution in [1.29, 1.82) is 0 Å². The van der Waals surface area contributed by atoms with Crippen LogP contribution in [0.4, 0.5) is 4.79 Å². The van der Waals surface area contributed by atoms with Crippen molar-refractivity contribution in [2.24, 2.45) is 5.92 Å². The van der Waals surface area contributed by atoms with Crippen LogP contribution in [0, 0.1) is 5.92 Å². The summed E-state index contributed by atoms with van der Waals surface area (Å²) in [4.78, 5) is 12.5. The van der Waals surface area contributed by atoms with Gasteiger partial charge in [0.1, 0.15) is 0 Å². The number of benzene rings is 2. The van der Waals surface area contributed by atoms with E-state index in [-0.39, 0.29) is 24.9 Å². The summed E-state index contributed by atoms with van der Waals surface area (Å²) < 4.78 is 10.7. The van der Waals surface area contributed by atoms with Gasteiger partial charge < -0.3 is 20.1 Å². The number of carbonyl (C=O) groups is 1. The van der Waals surface area contributed by atoms with Crippen molar-refractivity contribution < 1.29 is 14.3 Å². The van der Waals surface area contributed by atoms with Crippen LogP contribution in [-0.4, -0.2) is 12.8 Å². The number of fused-ring (bicyclic) bond motifs is 1. The Morgan fingerprint density at radius 3 is 2.52 bits per heavy atom. The molecule has 0 spiro atoms. The van der Waals surface area contributed by atoms with Crippen LogP contribution >= 0.6 is 0 Å². The molecule has 0 bridgehead atoms. The lowest BCUT2D eigenvalue weighted by molar-refractivity contribution is 0.174. The van der Waals surface area contributed by atoms with E-state index in [4.69, 9.17) is 9.47 Å². The van der Waals surface area contributed by atoms with Gasteiger partial charge in [0.15, 0.2) is 11.5 Å². The summed E-state index contributed by atoms with van der Waals surface area (Å²) >= 11 is 0. The van der Waals surface area contributed by atoms with Crippen LogP contribution in [0.1, 0.15) is 43.0 Å². The third-order valence-corrected chi connectivity index (χ3v) is 4.78. The van der Waals surface area contributed by atoms with Crippen molar-refractivity contribution >= 4 is 6.03 Å². The molecule has 2 amide bonds. The Balaban J connectivity index is 1.41. The minimum atomic E-state index is -0.147. The Morgan fingerprint density at radius 1 is 1.00 bits per heavy atom. The predicted molar refractivity (Wildman–Crippen MR) is 94.6 cm³/mol. The maximum atomic E-state index is 12.5. The SMILES string of the molecule is CC(NC(=O)NC(c1ccccc1)C1CC1)c1ccc2c(c1)OCO2. The van der Waals surface area contributed by atoms with Crippen molar-refractivity contribution in [3.63, 3.8) is 0 Å². The fraction of sp³-hybridized carbons (Fsp3) is 0.350. The first kappa shape index (κ1) is 15.8. The lowest BCUT2D eigenvalue weighted by atomic mass is 10.0. The van der Waals surface area contributed by atoms with Crippen molar-refractivity contribution in [3.05, 3.63) is 59.7 Å². The average molecular weight is 338 g/mol. The summed E-state index contributed by atoms with van der Waals surface area (Å²) in [7, 11) is 0. The van der Waals surface area contributed by atoms with Crippen molar-refractivity contribution in [1.82, 2.24) is 10.6 Å². The maximum Gasteiger partial charge on any atom is 0.315 e. The van der Waals surface area contributed by atoms with Gasteiger partial charge in [-0.05, 0) is 48.9 Å². The average Bonchev–Trinajstić information content (AvgIpc) is 3.36. The van der Waals surface area contributed by atoms with Gasteiger partial charge >= 0.3 is 6.03 Å². The second-order valence-electron chi connectivity index (χ2n) is 6.68. The highest BCUT2D eigenvalue weighted by Crippen LogP contribution is 2.41. The topological polar surface area (TPSA) is 59.6 Å².